The predicted octanol–water partition coefficient (Wildman–Crippen LogP) is 5.67. The molecule has 0 radical (unpaired) electrons. The molecule has 1 aliphatic rings. The number of hydrogen-bond acceptors (Lipinski definition) is 7. The summed E-state index contributed by atoms with van der Waals surface area (Å²) in [7, 11) is 2.82. The third kappa shape index (κ3) is 4.66. The van der Waals surface area contributed by atoms with Gasteiger partial charge < -0.3 is 29.1 Å². The highest BCUT2D eigenvalue weighted by atomic mass is 16.5. The minimum absolute atomic E-state index is 0.149. The molecular weight excluding hydrogens is 472 g/mol. The Balaban J connectivity index is 1.79. The molecule has 0 unspecified atom stereocenters. The zero-order valence-corrected chi connectivity index (χ0v) is 22.7. The van der Waals surface area contributed by atoms with Gasteiger partial charge in [-0.25, -0.2) is 4.79 Å². The van der Waals surface area contributed by atoms with E-state index in [0.717, 1.165) is 12.8 Å². The van der Waals surface area contributed by atoms with Gasteiger partial charge in [-0.3, -0.25) is 4.79 Å². The lowest BCUT2D eigenvalue weighted by Crippen LogP contribution is -2.33. The van der Waals surface area contributed by atoms with Gasteiger partial charge in [-0.15, -0.1) is 0 Å². The number of pyridine rings is 1. The second kappa shape index (κ2) is 9.74. The molecule has 0 spiro atoms. The van der Waals surface area contributed by atoms with Crippen LogP contribution in [0.4, 0.5) is 5.69 Å². The fraction of sp³-hybridized carbons (Fsp3) is 0.448. The minimum atomic E-state index is -0.615. The first kappa shape index (κ1) is 26.5. The molecule has 0 saturated heterocycles. The van der Waals surface area contributed by atoms with Crippen LogP contribution in [-0.4, -0.2) is 48.2 Å². The summed E-state index contributed by atoms with van der Waals surface area (Å²) in [6, 6.07) is 6.86. The largest absolute Gasteiger partial charge is 0.494 e. The van der Waals surface area contributed by atoms with Gasteiger partial charge in [0, 0.05) is 29.4 Å². The zero-order valence-electron chi connectivity index (χ0n) is 22.7. The predicted molar refractivity (Wildman–Crippen MR) is 143 cm³/mol. The Morgan fingerprint density at radius 1 is 1.03 bits per heavy atom. The highest BCUT2D eigenvalue weighted by Crippen LogP contribution is 2.51. The molecule has 0 fully saturated rings. The fourth-order valence-corrected chi connectivity index (χ4v) is 5.09. The van der Waals surface area contributed by atoms with Gasteiger partial charge >= 0.3 is 5.97 Å². The first-order chi connectivity index (χ1) is 17.5. The molecule has 0 aliphatic heterocycles. The number of ether oxygens (including phenoxy) is 4. The second-order valence-electron chi connectivity index (χ2n) is 10.6. The van der Waals surface area contributed by atoms with Gasteiger partial charge in [-0.2, -0.15) is 0 Å². The van der Waals surface area contributed by atoms with Gasteiger partial charge in [-0.05, 0) is 58.4 Å². The van der Waals surface area contributed by atoms with Crippen molar-refractivity contribution in [3.05, 3.63) is 47.3 Å². The number of carbonyl (C=O) groups excluding carboxylic acids is 2. The Labute approximate surface area is 217 Å². The second-order valence-corrected chi connectivity index (χ2v) is 10.6. The molecule has 2 N–H and O–H groups in total. The van der Waals surface area contributed by atoms with Crippen molar-refractivity contribution in [2.45, 2.75) is 65.1 Å². The Morgan fingerprint density at radius 3 is 2.41 bits per heavy atom. The molecule has 1 aliphatic carbocycles. The maximum atomic E-state index is 13.6. The SMILES string of the molecule is CCCC(C)(C)OCCC(C)(C)Oc1cccn2c3c(c(OC)c12)-c1c(ccc(N)c1C(=O)OC)C3=O. The number of esters is 1. The molecule has 37 heavy (non-hydrogen) atoms. The van der Waals surface area contributed by atoms with Crippen molar-refractivity contribution in [3.8, 4) is 22.6 Å². The van der Waals surface area contributed by atoms with E-state index in [1.165, 1.54) is 14.2 Å². The van der Waals surface area contributed by atoms with E-state index in [-0.39, 0.29) is 22.6 Å². The first-order valence-electron chi connectivity index (χ1n) is 12.6. The van der Waals surface area contributed by atoms with Crippen molar-refractivity contribution < 1.29 is 28.5 Å². The lowest BCUT2D eigenvalue weighted by atomic mass is 9.97. The number of aromatic nitrogens is 1. The molecule has 4 rings (SSSR count). The van der Waals surface area contributed by atoms with E-state index in [0.29, 0.717) is 52.4 Å². The van der Waals surface area contributed by atoms with Crippen LogP contribution in [0.25, 0.3) is 16.6 Å². The molecule has 8 heteroatoms. The third-order valence-corrected chi connectivity index (χ3v) is 6.85. The molecule has 8 nitrogen and oxygen atoms in total. The Bertz CT molecular complexity index is 1370. The van der Waals surface area contributed by atoms with Crippen molar-refractivity contribution >= 4 is 23.0 Å². The summed E-state index contributed by atoms with van der Waals surface area (Å²) in [5.74, 6) is 0.154. The number of nitrogens with zero attached hydrogens (tertiary/aromatic N) is 1. The fourth-order valence-electron chi connectivity index (χ4n) is 5.09. The molecule has 1 aromatic carbocycles. The molecule has 2 heterocycles. The Kier molecular flexibility index (Phi) is 6.99. The van der Waals surface area contributed by atoms with Crippen molar-refractivity contribution in [1.82, 2.24) is 4.40 Å². The van der Waals surface area contributed by atoms with E-state index >= 15 is 0 Å². The van der Waals surface area contributed by atoms with Crippen molar-refractivity contribution in [2.75, 3.05) is 26.6 Å². The third-order valence-electron chi connectivity index (χ3n) is 6.85. The summed E-state index contributed by atoms with van der Waals surface area (Å²) in [5.41, 5.74) is 8.10. The minimum Gasteiger partial charge on any atom is -0.494 e. The van der Waals surface area contributed by atoms with Crippen LogP contribution < -0.4 is 15.2 Å². The number of nitrogens with two attached hydrogens (primary N) is 1. The number of anilines is 1. The highest BCUT2D eigenvalue weighted by molar-refractivity contribution is 6.27. The number of fused-ring (bicyclic) bond motifs is 5. The van der Waals surface area contributed by atoms with Gasteiger partial charge in [0.2, 0.25) is 5.78 Å². The zero-order chi connectivity index (χ0) is 27.1. The molecular formula is C29H36N2O6. The van der Waals surface area contributed by atoms with Crippen LogP contribution in [0.5, 0.6) is 11.5 Å². The number of hydrogen-bond donors (Lipinski definition) is 1. The summed E-state index contributed by atoms with van der Waals surface area (Å²) in [5, 5.41) is 0. The van der Waals surface area contributed by atoms with Crippen LogP contribution in [0.15, 0.2) is 30.5 Å². The van der Waals surface area contributed by atoms with Gasteiger partial charge in [0.05, 0.1) is 37.6 Å². The number of methoxy groups -OCH3 is 2. The summed E-state index contributed by atoms with van der Waals surface area (Å²) in [4.78, 5) is 26.3. The molecule has 3 aromatic rings. The van der Waals surface area contributed by atoms with Gasteiger partial charge in [0.1, 0.15) is 22.6 Å². The van der Waals surface area contributed by atoms with Crippen LogP contribution in [0.1, 0.15) is 80.3 Å². The molecule has 0 saturated carbocycles. The summed E-state index contributed by atoms with van der Waals surface area (Å²) >= 11 is 0. The Hall–Kier alpha value is -3.52. The van der Waals surface area contributed by atoms with Crippen molar-refractivity contribution in [3.63, 3.8) is 0 Å². The number of ketones is 1. The van der Waals surface area contributed by atoms with E-state index in [1.54, 1.807) is 22.7 Å². The van der Waals surface area contributed by atoms with E-state index in [1.807, 2.05) is 26.0 Å². The van der Waals surface area contributed by atoms with Gasteiger partial charge in [-0.1, -0.05) is 13.3 Å². The van der Waals surface area contributed by atoms with Crippen LogP contribution >= 0.6 is 0 Å². The van der Waals surface area contributed by atoms with Crippen LogP contribution in [0.2, 0.25) is 0 Å². The maximum Gasteiger partial charge on any atom is 0.340 e. The highest BCUT2D eigenvalue weighted by Gasteiger charge is 2.40. The van der Waals surface area contributed by atoms with Crippen LogP contribution in [-0.2, 0) is 9.47 Å². The van der Waals surface area contributed by atoms with Crippen molar-refractivity contribution in [1.29, 1.82) is 0 Å². The lowest BCUT2D eigenvalue weighted by Gasteiger charge is -2.30. The topological polar surface area (TPSA) is 101 Å². The van der Waals surface area contributed by atoms with E-state index in [2.05, 4.69) is 20.8 Å². The standard InChI is InChI=1S/C29H36N2O6/c1-8-13-28(2,3)36-16-14-29(4,5)37-19-10-9-15-31-23(19)26(34-6)22-20-17(25(32)24(22)31)11-12-18(30)21(20)27(33)35-7/h9-12,15H,8,13-14,16,30H2,1-7H3. The Morgan fingerprint density at radius 2 is 1.76 bits per heavy atom. The van der Waals surface area contributed by atoms with E-state index < -0.39 is 11.6 Å². The number of nitrogen functional groups attached to an aromatic ring is 1. The lowest BCUT2D eigenvalue weighted by molar-refractivity contribution is -0.0451. The van der Waals surface area contributed by atoms with Gasteiger partial charge in [0.15, 0.2) is 5.75 Å². The van der Waals surface area contributed by atoms with Gasteiger partial charge in [0.25, 0.3) is 0 Å². The van der Waals surface area contributed by atoms with Crippen LogP contribution in [0.3, 0.4) is 0 Å². The quantitative estimate of drug-likeness (QED) is 0.217. The number of carbonyl (C=O) groups is 2. The first-order valence-corrected chi connectivity index (χ1v) is 12.6. The number of benzene rings is 1. The smallest absolute Gasteiger partial charge is 0.340 e. The average Bonchev–Trinajstić information content (AvgIpc) is 3.31. The molecule has 2 aromatic heterocycles. The van der Waals surface area contributed by atoms with E-state index in [9.17, 15) is 9.59 Å². The summed E-state index contributed by atoms with van der Waals surface area (Å²) in [6.45, 7) is 10.9. The monoisotopic (exact) mass is 508 g/mol. The van der Waals surface area contributed by atoms with E-state index in [4.69, 9.17) is 24.7 Å². The summed E-state index contributed by atoms with van der Waals surface area (Å²) < 4.78 is 25.2. The molecule has 0 atom stereocenters. The molecule has 198 valence electrons. The number of rotatable bonds is 10. The molecule has 0 amide bonds. The maximum absolute atomic E-state index is 13.6. The van der Waals surface area contributed by atoms with Crippen molar-refractivity contribution in [2.24, 2.45) is 0 Å². The average molecular weight is 509 g/mol. The van der Waals surface area contributed by atoms with Crippen LogP contribution in [0, 0.1) is 0 Å². The normalized spacial score (nSPS) is 13.0. The summed E-state index contributed by atoms with van der Waals surface area (Å²) in [6.07, 6.45) is 4.49. The molecule has 0 bridgehead atoms.